The number of primary amides is 1. The molecule has 2 saturated carbocycles. The van der Waals surface area contributed by atoms with Crippen molar-refractivity contribution in [3.8, 4) is 0 Å². The smallest absolute Gasteiger partial charge is 0.237 e. The lowest BCUT2D eigenvalue weighted by Gasteiger charge is -2.47. The van der Waals surface area contributed by atoms with Gasteiger partial charge in [-0.05, 0) is 69.9 Å². The highest BCUT2D eigenvalue weighted by atomic mass is 16.1. The van der Waals surface area contributed by atoms with E-state index in [4.69, 9.17) is 5.73 Å². The maximum atomic E-state index is 12.1. The molecule has 4 heteroatoms. The van der Waals surface area contributed by atoms with Crippen LogP contribution in [0.1, 0.15) is 65.2 Å². The lowest BCUT2D eigenvalue weighted by Crippen LogP contribution is -2.61. The Labute approximate surface area is 128 Å². The Hall–Kier alpha value is -0.610. The van der Waals surface area contributed by atoms with Crippen molar-refractivity contribution in [3.63, 3.8) is 0 Å². The molecule has 1 amide bonds. The van der Waals surface area contributed by atoms with Gasteiger partial charge in [0.05, 0.1) is 5.54 Å². The van der Waals surface area contributed by atoms with Gasteiger partial charge < -0.3 is 16.0 Å². The first-order valence-corrected chi connectivity index (χ1v) is 8.72. The van der Waals surface area contributed by atoms with E-state index in [2.05, 4.69) is 24.1 Å². The zero-order valence-electron chi connectivity index (χ0n) is 13.7. The highest BCUT2D eigenvalue weighted by molar-refractivity contribution is 5.85. The summed E-state index contributed by atoms with van der Waals surface area (Å²) in [7, 11) is 0. The van der Waals surface area contributed by atoms with Gasteiger partial charge in [0.1, 0.15) is 0 Å². The average Bonchev–Trinajstić information content (AvgIpc) is 3.22. The Balaban J connectivity index is 1.65. The molecule has 0 bridgehead atoms. The maximum absolute atomic E-state index is 12.1. The molecule has 1 aliphatic heterocycles. The predicted octanol–water partition coefficient (Wildman–Crippen LogP) is 2.03. The summed E-state index contributed by atoms with van der Waals surface area (Å²) in [5.74, 6) is -0.128. The number of carbonyl (C=O) groups is 1. The minimum atomic E-state index is -0.433. The molecule has 4 nitrogen and oxygen atoms in total. The molecule has 0 aromatic heterocycles. The van der Waals surface area contributed by atoms with Gasteiger partial charge in [0.25, 0.3) is 0 Å². The van der Waals surface area contributed by atoms with E-state index in [-0.39, 0.29) is 5.91 Å². The normalized spacial score (nSPS) is 37.3. The summed E-state index contributed by atoms with van der Waals surface area (Å²) in [5.41, 5.74) is 5.84. The number of nitrogens with zero attached hydrogens (tertiary/aromatic N) is 1. The standard InChI is InChI=1S/C17H31N3O/c1-16(2)8-10-20(11-9-16)14-4-3-7-17(12-14,15(18)21)19-13-5-6-13/h13-14,19H,3-12H2,1-2H3,(H2,18,21). The fraction of sp³-hybridized carbons (Fsp3) is 0.941. The second kappa shape index (κ2) is 5.54. The topological polar surface area (TPSA) is 58.4 Å². The van der Waals surface area contributed by atoms with E-state index >= 15 is 0 Å². The Morgan fingerprint density at radius 3 is 2.38 bits per heavy atom. The van der Waals surface area contributed by atoms with Crippen LogP contribution >= 0.6 is 0 Å². The Morgan fingerprint density at radius 1 is 1.14 bits per heavy atom. The van der Waals surface area contributed by atoms with Crippen molar-refractivity contribution < 1.29 is 4.79 Å². The lowest BCUT2D eigenvalue weighted by molar-refractivity contribution is -0.127. The monoisotopic (exact) mass is 293 g/mol. The Morgan fingerprint density at radius 2 is 1.81 bits per heavy atom. The van der Waals surface area contributed by atoms with Crippen LogP contribution < -0.4 is 11.1 Å². The van der Waals surface area contributed by atoms with Crippen LogP contribution in [0.5, 0.6) is 0 Å². The summed E-state index contributed by atoms with van der Waals surface area (Å²) in [5, 5.41) is 3.59. The number of nitrogens with two attached hydrogens (primary N) is 1. The van der Waals surface area contributed by atoms with Gasteiger partial charge in [-0.1, -0.05) is 13.8 Å². The SMILES string of the molecule is CC1(C)CCN(C2CCCC(NC3CC3)(C(N)=O)C2)CC1. The molecule has 0 radical (unpaired) electrons. The van der Waals surface area contributed by atoms with Gasteiger partial charge in [-0.2, -0.15) is 0 Å². The van der Waals surface area contributed by atoms with Crippen LogP contribution in [-0.2, 0) is 4.79 Å². The van der Waals surface area contributed by atoms with Crippen LogP contribution in [0, 0.1) is 5.41 Å². The molecule has 0 aromatic carbocycles. The molecule has 0 aromatic rings. The average molecular weight is 293 g/mol. The molecular formula is C17H31N3O. The van der Waals surface area contributed by atoms with Gasteiger partial charge in [-0.15, -0.1) is 0 Å². The maximum Gasteiger partial charge on any atom is 0.237 e. The number of amides is 1. The van der Waals surface area contributed by atoms with E-state index in [1.807, 2.05) is 0 Å². The molecule has 120 valence electrons. The van der Waals surface area contributed by atoms with Gasteiger partial charge in [0.2, 0.25) is 5.91 Å². The summed E-state index contributed by atoms with van der Waals surface area (Å²) < 4.78 is 0. The molecule has 3 rings (SSSR count). The number of hydrogen-bond donors (Lipinski definition) is 2. The Bertz CT molecular complexity index is 395. The summed E-state index contributed by atoms with van der Waals surface area (Å²) in [6, 6.07) is 1.07. The quantitative estimate of drug-likeness (QED) is 0.834. The highest BCUT2D eigenvalue weighted by Crippen LogP contribution is 2.37. The van der Waals surface area contributed by atoms with Crippen LogP contribution in [0.25, 0.3) is 0 Å². The fourth-order valence-electron chi connectivity index (χ4n) is 4.10. The van der Waals surface area contributed by atoms with Crippen molar-refractivity contribution in [1.82, 2.24) is 10.2 Å². The molecular weight excluding hydrogens is 262 g/mol. The number of rotatable bonds is 4. The zero-order chi connectivity index (χ0) is 15.1. The molecule has 2 aliphatic carbocycles. The first-order valence-electron chi connectivity index (χ1n) is 8.72. The van der Waals surface area contributed by atoms with Crippen molar-refractivity contribution in [2.45, 2.75) is 82.8 Å². The minimum absolute atomic E-state index is 0.128. The van der Waals surface area contributed by atoms with Crippen molar-refractivity contribution in [1.29, 1.82) is 0 Å². The van der Waals surface area contributed by atoms with E-state index in [9.17, 15) is 4.79 Å². The predicted molar refractivity (Wildman–Crippen MR) is 84.9 cm³/mol. The fourth-order valence-corrected chi connectivity index (χ4v) is 4.10. The third-order valence-corrected chi connectivity index (χ3v) is 5.92. The van der Waals surface area contributed by atoms with E-state index in [1.54, 1.807) is 0 Å². The van der Waals surface area contributed by atoms with Crippen molar-refractivity contribution in [2.24, 2.45) is 11.1 Å². The molecule has 21 heavy (non-hydrogen) atoms. The second-order valence-electron chi connectivity index (χ2n) is 8.32. The summed E-state index contributed by atoms with van der Waals surface area (Å²) in [6.07, 6.45) is 9.13. The van der Waals surface area contributed by atoms with Crippen molar-refractivity contribution in [2.75, 3.05) is 13.1 Å². The molecule has 1 heterocycles. The van der Waals surface area contributed by atoms with Gasteiger partial charge in [0.15, 0.2) is 0 Å². The van der Waals surface area contributed by atoms with Gasteiger partial charge >= 0.3 is 0 Å². The van der Waals surface area contributed by atoms with Gasteiger partial charge in [-0.3, -0.25) is 4.79 Å². The molecule has 0 spiro atoms. The molecule has 1 saturated heterocycles. The van der Waals surface area contributed by atoms with Crippen LogP contribution in [0.15, 0.2) is 0 Å². The molecule has 3 aliphatic rings. The summed E-state index contributed by atoms with van der Waals surface area (Å²) in [4.78, 5) is 14.7. The molecule has 3 fully saturated rings. The lowest BCUT2D eigenvalue weighted by atomic mass is 9.76. The first kappa shape index (κ1) is 15.3. The van der Waals surface area contributed by atoms with E-state index in [0.29, 0.717) is 17.5 Å². The molecule has 3 N–H and O–H groups in total. The number of carbonyl (C=O) groups excluding carboxylic acids is 1. The number of piperidine rings is 1. The number of nitrogens with one attached hydrogen (secondary N) is 1. The largest absolute Gasteiger partial charge is 0.368 e. The minimum Gasteiger partial charge on any atom is -0.368 e. The first-order chi connectivity index (χ1) is 9.90. The van der Waals surface area contributed by atoms with E-state index in [1.165, 1.54) is 45.2 Å². The molecule has 2 atom stereocenters. The van der Waals surface area contributed by atoms with Gasteiger partial charge in [0, 0.05) is 12.1 Å². The Kier molecular flexibility index (Phi) is 4.04. The second-order valence-corrected chi connectivity index (χ2v) is 8.32. The number of hydrogen-bond acceptors (Lipinski definition) is 3. The van der Waals surface area contributed by atoms with Crippen molar-refractivity contribution in [3.05, 3.63) is 0 Å². The van der Waals surface area contributed by atoms with Crippen LogP contribution in [0.3, 0.4) is 0 Å². The van der Waals surface area contributed by atoms with E-state index < -0.39 is 5.54 Å². The van der Waals surface area contributed by atoms with Crippen LogP contribution in [0.4, 0.5) is 0 Å². The molecule has 2 unspecified atom stereocenters. The van der Waals surface area contributed by atoms with Crippen LogP contribution in [-0.4, -0.2) is 41.5 Å². The third kappa shape index (κ3) is 3.42. The van der Waals surface area contributed by atoms with Crippen LogP contribution in [0.2, 0.25) is 0 Å². The summed E-state index contributed by atoms with van der Waals surface area (Å²) >= 11 is 0. The summed E-state index contributed by atoms with van der Waals surface area (Å²) in [6.45, 7) is 7.09. The number of likely N-dealkylation sites (tertiary alicyclic amines) is 1. The third-order valence-electron chi connectivity index (χ3n) is 5.92. The zero-order valence-corrected chi connectivity index (χ0v) is 13.7. The highest BCUT2D eigenvalue weighted by Gasteiger charge is 2.46. The van der Waals surface area contributed by atoms with Gasteiger partial charge in [-0.25, -0.2) is 0 Å². The van der Waals surface area contributed by atoms with Crippen molar-refractivity contribution >= 4 is 5.91 Å². The van der Waals surface area contributed by atoms with E-state index in [0.717, 1.165) is 19.3 Å².